The molecule has 1 N–H and O–H groups in total. The minimum absolute atomic E-state index is 0.304. The summed E-state index contributed by atoms with van der Waals surface area (Å²) in [7, 11) is 0. The standard InChI is InChI=1S/C28H17F2N2OS.C2H4O2.Na/c29-22-16-21(17-23(30)18-22)20-13-11-19(12-14-20)15-26-27(33)31-28(34-26)32(24-7-3-1-4-8-24)25-9-5-2-6-10-25;1-2(3)4;/h1,3-18H;1H3,(H,3,4);. The number of amides is 1. The zero-order valence-corrected chi connectivity index (χ0v) is 24.0. The molecular weight excluding hydrogens is 529 g/mol. The molecule has 0 fully saturated rings. The Balaban J connectivity index is 0.000000826. The Hall–Kier alpha value is -3.56. The predicted octanol–water partition coefficient (Wildman–Crippen LogP) is 6.33. The Morgan fingerprint density at radius 1 is 0.872 bits per heavy atom. The number of hydrogen-bond acceptors (Lipinski definition) is 4. The van der Waals surface area contributed by atoms with Crippen molar-refractivity contribution in [3.63, 3.8) is 0 Å². The van der Waals surface area contributed by atoms with Crippen LogP contribution in [0, 0.1) is 11.6 Å². The number of aliphatic carboxylic acids is 1. The molecule has 9 heteroatoms. The van der Waals surface area contributed by atoms with Gasteiger partial charge in [-0.3, -0.25) is 4.79 Å². The Morgan fingerprint density at radius 3 is 2.03 bits per heavy atom. The van der Waals surface area contributed by atoms with Gasteiger partial charge in [0, 0.05) is 13.0 Å². The number of amidine groups is 1. The molecule has 5 nitrogen and oxygen atoms in total. The van der Waals surface area contributed by atoms with E-state index in [2.05, 4.69) is 17.1 Å². The van der Waals surface area contributed by atoms with Crippen LogP contribution in [0.1, 0.15) is 12.5 Å². The number of halogens is 2. The number of anilines is 2. The van der Waals surface area contributed by atoms with Gasteiger partial charge in [0.25, 0.3) is 5.97 Å². The predicted molar refractivity (Wildman–Crippen MR) is 154 cm³/mol. The Morgan fingerprint density at radius 2 is 1.44 bits per heavy atom. The number of hydrogen-bond donors (Lipinski definition) is 1. The van der Waals surface area contributed by atoms with Crippen LogP contribution in [0.3, 0.4) is 0 Å². The summed E-state index contributed by atoms with van der Waals surface area (Å²) in [6, 6.07) is 28.7. The van der Waals surface area contributed by atoms with E-state index in [-0.39, 0.29) is 5.91 Å². The molecule has 1 aliphatic rings. The second-order valence-electron chi connectivity index (χ2n) is 8.62. The van der Waals surface area contributed by atoms with E-state index >= 15 is 0 Å². The van der Waals surface area contributed by atoms with E-state index in [1.165, 1.54) is 26.7 Å². The monoisotopic (exact) mass is 550 g/mol. The SMILES string of the molecule is CC(=O)O.O=C1N=C(N(c2ccccc2)c2cc[c]([Na])cc2)SC1=Cc1ccc(-c2cc(F)cc(F)c2)cc1. The normalized spacial score (nSPS) is 13.5. The summed E-state index contributed by atoms with van der Waals surface area (Å²) >= 11 is 2.28. The van der Waals surface area contributed by atoms with Gasteiger partial charge in [-0.15, -0.1) is 0 Å². The van der Waals surface area contributed by atoms with Crippen molar-refractivity contribution in [2.24, 2.45) is 4.99 Å². The number of thioether (sulfide) groups is 1. The van der Waals surface area contributed by atoms with E-state index in [0.29, 0.717) is 21.2 Å². The Kier molecular flexibility index (Phi) is 9.48. The van der Waals surface area contributed by atoms with Gasteiger partial charge < -0.3 is 5.11 Å². The van der Waals surface area contributed by atoms with Gasteiger partial charge in [0.2, 0.25) is 0 Å². The van der Waals surface area contributed by atoms with Crippen LogP contribution in [0.25, 0.3) is 17.2 Å². The van der Waals surface area contributed by atoms with Gasteiger partial charge in [-0.05, 0) is 23.3 Å². The van der Waals surface area contributed by atoms with Gasteiger partial charge in [-0.1, -0.05) is 0 Å². The number of para-hydroxylation sites is 1. The molecule has 0 bridgehead atoms. The first-order chi connectivity index (χ1) is 18.7. The molecule has 0 radical (unpaired) electrons. The first-order valence-electron chi connectivity index (χ1n) is 11.9. The van der Waals surface area contributed by atoms with Gasteiger partial charge >= 0.3 is 175 Å². The molecule has 0 saturated carbocycles. The van der Waals surface area contributed by atoms with E-state index in [1.807, 2.05) is 59.5 Å². The van der Waals surface area contributed by atoms with Crippen LogP contribution in [-0.4, -0.2) is 50.1 Å². The molecule has 1 aliphatic heterocycles. The van der Waals surface area contributed by atoms with Crippen molar-refractivity contribution < 1.29 is 23.5 Å². The number of carbonyl (C=O) groups excluding carboxylic acids is 1. The van der Waals surface area contributed by atoms with Crippen molar-refractivity contribution in [2.45, 2.75) is 6.92 Å². The quantitative estimate of drug-likeness (QED) is 0.238. The van der Waals surface area contributed by atoms with Crippen LogP contribution in [0.15, 0.2) is 107 Å². The number of carboxylic acids is 1. The van der Waals surface area contributed by atoms with Gasteiger partial charge in [-0.25, -0.2) is 8.78 Å². The zero-order valence-electron chi connectivity index (χ0n) is 21.1. The molecule has 0 atom stereocenters. The van der Waals surface area contributed by atoms with Crippen LogP contribution in [-0.2, 0) is 9.59 Å². The summed E-state index contributed by atoms with van der Waals surface area (Å²) < 4.78 is 28.4. The van der Waals surface area contributed by atoms with Crippen molar-refractivity contribution in [3.05, 3.63) is 119 Å². The first kappa shape index (κ1) is 28.4. The summed E-state index contributed by atoms with van der Waals surface area (Å²) in [6.07, 6.45) is 1.78. The van der Waals surface area contributed by atoms with E-state index in [0.717, 1.165) is 57.9 Å². The van der Waals surface area contributed by atoms with Gasteiger partial charge in [0.05, 0.1) is 0 Å². The zero-order chi connectivity index (χ0) is 27.9. The van der Waals surface area contributed by atoms with Crippen molar-refractivity contribution in [1.29, 1.82) is 0 Å². The fraction of sp³-hybridized carbons (Fsp3) is 0.0333. The van der Waals surface area contributed by atoms with Crippen LogP contribution >= 0.6 is 11.8 Å². The van der Waals surface area contributed by atoms with Crippen LogP contribution in [0.4, 0.5) is 20.2 Å². The van der Waals surface area contributed by atoms with Crippen molar-refractivity contribution in [3.8, 4) is 11.1 Å². The third-order valence-corrected chi connectivity index (χ3v) is 7.15. The number of aliphatic imine (C=N–C) groups is 1. The van der Waals surface area contributed by atoms with E-state index in [4.69, 9.17) is 9.90 Å². The van der Waals surface area contributed by atoms with E-state index in [9.17, 15) is 13.6 Å². The molecule has 0 spiro atoms. The molecule has 0 aromatic heterocycles. The third-order valence-electron chi connectivity index (χ3n) is 5.51. The van der Waals surface area contributed by atoms with Gasteiger partial charge in [0.1, 0.15) is 11.6 Å². The molecule has 1 amide bonds. The molecule has 0 saturated heterocycles. The van der Waals surface area contributed by atoms with Crippen LogP contribution in [0.5, 0.6) is 0 Å². The molecule has 5 rings (SSSR count). The van der Waals surface area contributed by atoms with Crippen LogP contribution in [0.2, 0.25) is 0 Å². The fourth-order valence-electron chi connectivity index (χ4n) is 3.78. The Bertz CT molecular complexity index is 1530. The molecule has 0 unspecified atom stereocenters. The summed E-state index contributed by atoms with van der Waals surface area (Å²) in [5, 5.41) is 8.00. The average molecular weight is 551 g/mol. The number of carboxylic acid groups (broad SMARTS) is 1. The minimum atomic E-state index is -0.833. The van der Waals surface area contributed by atoms with Gasteiger partial charge in [0.15, 0.2) is 0 Å². The second-order valence-corrected chi connectivity index (χ2v) is 10.8. The summed E-state index contributed by atoms with van der Waals surface area (Å²) in [6.45, 7) is 1.08. The fourth-order valence-corrected chi connectivity index (χ4v) is 5.07. The van der Waals surface area contributed by atoms with E-state index in [1.54, 1.807) is 18.2 Å². The first-order valence-corrected chi connectivity index (χ1v) is 13.7. The molecule has 190 valence electrons. The van der Waals surface area contributed by atoms with Gasteiger partial charge in [-0.2, -0.15) is 0 Å². The molecule has 39 heavy (non-hydrogen) atoms. The topological polar surface area (TPSA) is 70.0 Å². The maximum atomic E-state index is 13.6. The number of carbonyl (C=O) groups is 2. The molecule has 4 aromatic carbocycles. The van der Waals surface area contributed by atoms with Crippen molar-refractivity contribution >= 4 is 77.0 Å². The molecule has 0 aliphatic carbocycles. The number of benzene rings is 4. The maximum absolute atomic E-state index is 13.6. The van der Waals surface area contributed by atoms with E-state index < -0.39 is 17.6 Å². The van der Waals surface area contributed by atoms with Crippen LogP contribution < -0.4 is 7.71 Å². The van der Waals surface area contributed by atoms with Crippen molar-refractivity contribution in [2.75, 3.05) is 4.90 Å². The summed E-state index contributed by atoms with van der Waals surface area (Å²) in [5.41, 5.74) is 3.79. The Labute approximate surface area is 246 Å². The molecular formula is C30H21F2N2NaO3S. The summed E-state index contributed by atoms with van der Waals surface area (Å²) in [5.74, 6) is -2.38. The summed E-state index contributed by atoms with van der Waals surface area (Å²) in [4.78, 5) is 28.6. The average Bonchev–Trinajstić information content (AvgIpc) is 3.25. The number of rotatable bonds is 4. The van der Waals surface area contributed by atoms with Crippen molar-refractivity contribution in [1.82, 2.24) is 0 Å². The number of nitrogens with zero attached hydrogens (tertiary/aromatic N) is 2. The molecule has 1 heterocycles. The molecule has 4 aromatic rings. The second kappa shape index (κ2) is 13.0. The third kappa shape index (κ3) is 7.74.